The van der Waals surface area contributed by atoms with Crippen molar-refractivity contribution in [1.82, 2.24) is 0 Å². The number of hydrogen-bond acceptors (Lipinski definition) is 2. The van der Waals surface area contributed by atoms with Crippen LogP contribution in [0, 0.1) is 23.0 Å². The first-order chi connectivity index (χ1) is 12.1. The van der Waals surface area contributed by atoms with E-state index in [4.69, 9.17) is 0 Å². The Hall–Kier alpha value is -3.32. The summed E-state index contributed by atoms with van der Waals surface area (Å²) in [6.45, 7) is 0. The third-order valence-electron chi connectivity index (χ3n) is 3.95. The van der Waals surface area contributed by atoms with Gasteiger partial charge in [0.1, 0.15) is 11.6 Å². The molecule has 122 valence electrons. The fraction of sp³-hybridized carbons (Fsp3) is 0.0476. The lowest BCUT2D eigenvalue weighted by Crippen LogP contribution is -2.03. The predicted molar refractivity (Wildman–Crippen MR) is 90.1 cm³/mol. The molecule has 0 spiro atoms. The van der Waals surface area contributed by atoms with Gasteiger partial charge in [-0.05, 0) is 47.5 Å². The van der Waals surface area contributed by atoms with Crippen molar-refractivity contribution in [2.24, 2.45) is 0 Å². The van der Waals surface area contributed by atoms with Gasteiger partial charge in [0, 0.05) is 11.1 Å². The molecule has 0 N–H and O–H groups in total. The minimum atomic E-state index is -0.546. The van der Waals surface area contributed by atoms with Gasteiger partial charge < -0.3 is 0 Å². The van der Waals surface area contributed by atoms with Crippen LogP contribution in [0.1, 0.15) is 33.0 Å². The van der Waals surface area contributed by atoms with Crippen LogP contribution < -0.4 is 0 Å². The molecule has 2 nitrogen and oxygen atoms in total. The second-order valence-electron chi connectivity index (χ2n) is 5.57. The molecule has 0 saturated heterocycles. The molecule has 3 aromatic carbocycles. The molecule has 0 bridgehead atoms. The normalized spacial score (nSPS) is 11.6. The Balaban J connectivity index is 1.86. The Morgan fingerprint density at radius 1 is 0.720 bits per heavy atom. The van der Waals surface area contributed by atoms with E-state index in [2.05, 4.69) is 6.07 Å². The van der Waals surface area contributed by atoms with Gasteiger partial charge in [-0.1, -0.05) is 36.4 Å². The molecule has 0 fully saturated rings. The Bertz CT molecular complexity index is 924. The van der Waals surface area contributed by atoms with E-state index in [1.54, 1.807) is 36.4 Å². The summed E-state index contributed by atoms with van der Waals surface area (Å²) in [4.78, 5) is 12.4. The molecule has 0 aliphatic carbocycles. The van der Waals surface area contributed by atoms with E-state index in [0.717, 1.165) is 0 Å². The lowest BCUT2D eigenvalue weighted by atomic mass is 9.91. The van der Waals surface area contributed by atoms with Crippen molar-refractivity contribution in [2.45, 2.75) is 5.92 Å². The molecule has 0 heterocycles. The molecule has 0 aromatic heterocycles. The number of halogens is 2. The van der Waals surface area contributed by atoms with Gasteiger partial charge in [0.15, 0.2) is 5.78 Å². The van der Waals surface area contributed by atoms with Crippen molar-refractivity contribution >= 4 is 5.78 Å². The zero-order valence-corrected chi connectivity index (χ0v) is 13.1. The molecule has 4 heteroatoms. The highest BCUT2D eigenvalue weighted by atomic mass is 19.1. The van der Waals surface area contributed by atoms with Crippen molar-refractivity contribution in [1.29, 1.82) is 5.26 Å². The number of rotatable bonds is 4. The summed E-state index contributed by atoms with van der Waals surface area (Å²) in [5, 5.41) is 9.44. The summed E-state index contributed by atoms with van der Waals surface area (Å²) in [6.07, 6.45) is 0. The molecule has 0 aliphatic heterocycles. The highest BCUT2D eigenvalue weighted by Crippen LogP contribution is 2.25. The highest BCUT2D eigenvalue weighted by Gasteiger charge is 2.15. The summed E-state index contributed by atoms with van der Waals surface area (Å²) < 4.78 is 26.0. The molecule has 0 saturated carbocycles. The first-order valence-electron chi connectivity index (χ1n) is 7.64. The van der Waals surface area contributed by atoms with E-state index in [1.807, 2.05) is 0 Å². The van der Waals surface area contributed by atoms with Crippen molar-refractivity contribution in [3.8, 4) is 6.07 Å². The smallest absolute Gasteiger partial charge is 0.193 e. The lowest BCUT2D eigenvalue weighted by Gasteiger charge is -2.11. The van der Waals surface area contributed by atoms with Crippen LogP contribution in [-0.2, 0) is 0 Å². The molecule has 25 heavy (non-hydrogen) atoms. The summed E-state index contributed by atoms with van der Waals surface area (Å²) in [7, 11) is 0. The van der Waals surface area contributed by atoms with E-state index >= 15 is 0 Å². The zero-order chi connectivity index (χ0) is 17.8. The Morgan fingerprint density at radius 2 is 1.08 bits per heavy atom. The standard InChI is InChI=1S/C21H13F2NO/c22-18-9-5-15(6-10-18)20(13-24)14-1-3-16(4-2-14)21(25)17-7-11-19(23)12-8-17/h1-12,20H/t20-/m1/s1. The van der Waals surface area contributed by atoms with Crippen LogP contribution in [0.3, 0.4) is 0 Å². The van der Waals surface area contributed by atoms with Crippen LogP contribution in [0.5, 0.6) is 0 Å². The third kappa shape index (κ3) is 3.61. The van der Waals surface area contributed by atoms with E-state index < -0.39 is 11.7 Å². The zero-order valence-electron chi connectivity index (χ0n) is 13.1. The van der Waals surface area contributed by atoms with Crippen LogP contribution in [0.4, 0.5) is 8.78 Å². The molecular weight excluding hydrogens is 320 g/mol. The molecule has 1 atom stereocenters. The fourth-order valence-corrected chi connectivity index (χ4v) is 2.59. The van der Waals surface area contributed by atoms with Gasteiger partial charge in [-0.25, -0.2) is 8.78 Å². The lowest BCUT2D eigenvalue weighted by molar-refractivity contribution is 0.103. The Morgan fingerprint density at radius 3 is 1.52 bits per heavy atom. The van der Waals surface area contributed by atoms with Crippen molar-refractivity contribution in [3.63, 3.8) is 0 Å². The number of nitrogens with zero attached hydrogens (tertiary/aromatic N) is 1. The number of carbonyl (C=O) groups is 1. The third-order valence-corrected chi connectivity index (χ3v) is 3.95. The van der Waals surface area contributed by atoms with Gasteiger partial charge >= 0.3 is 0 Å². The van der Waals surface area contributed by atoms with Crippen molar-refractivity contribution in [2.75, 3.05) is 0 Å². The maximum atomic E-state index is 13.0. The van der Waals surface area contributed by atoms with E-state index in [9.17, 15) is 18.8 Å². The maximum absolute atomic E-state index is 13.0. The largest absolute Gasteiger partial charge is 0.289 e. The molecule has 3 rings (SSSR count). The number of carbonyl (C=O) groups excluding carboxylic acids is 1. The number of benzene rings is 3. The quantitative estimate of drug-likeness (QED) is 0.640. The van der Waals surface area contributed by atoms with Crippen LogP contribution in [-0.4, -0.2) is 5.78 Å². The van der Waals surface area contributed by atoms with Crippen LogP contribution in [0.25, 0.3) is 0 Å². The first kappa shape index (κ1) is 16.5. The van der Waals surface area contributed by atoms with E-state index in [-0.39, 0.29) is 11.6 Å². The first-order valence-corrected chi connectivity index (χ1v) is 7.64. The van der Waals surface area contributed by atoms with Gasteiger partial charge in [0.2, 0.25) is 0 Å². The summed E-state index contributed by atoms with van der Waals surface area (Å²) in [5.74, 6) is -1.53. The van der Waals surface area contributed by atoms with Gasteiger partial charge in [-0.3, -0.25) is 4.79 Å². The number of hydrogen-bond donors (Lipinski definition) is 0. The molecule has 3 aromatic rings. The van der Waals surface area contributed by atoms with Gasteiger partial charge in [-0.2, -0.15) is 5.26 Å². The number of ketones is 1. The van der Waals surface area contributed by atoms with Crippen LogP contribution in [0.15, 0.2) is 72.8 Å². The van der Waals surface area contributed by atoms with Crippen molar-refractivity contribution < 1.29 is 13.6 Å². The van der Waals surface area contributed by atoms with E-state index in [0.29, 0.717) is 22.3 Å². The summed E-state index contributed by atoms with van der Waals surface area (Å²) >= 11 is 0. The van der Waals surface area contributed by atoms with Gasteiger partial charge in [0.05, 0.1) is 12.0 Å². The topological polar surface area (TPSA) is 40.9 Å². The minimum Gasteiger partial charge on any atom is -0.289 e. The molecule has 0 unspecified atom stereocenters. The average Bonchev–Trinajstić information content (AvgIpc) is 2.64. The average molecular weight is 333 g/mol. The van der Waals surface area contributed by atoms with Crippen LogP contribution in [0.2, 0.25) is 0 Å². The van der Waals surface area contributed by atoms with Gasteiger partial charge in [0.25, 0.3) is 0 Å². The second-order valence-corrected chi connectivity index (χ2v) is 5.57. The monoisotopic (exact) mass is 333 g/mol. The Labute approximate surface area is 144 Å². The predicted octanol–water partition coefficient (Wildman–Crippen LogP) is 4.85. The molecule has 0 amide bonds. The Kier molecular flexibility index (Phi) is 4.67. The molecule has 0 aliphatic rings. The van der Waals surface area contributed by atoms with E-state index in [1.165, 1.54) is 36.4 Å². The molecule has 0 radical (unpaired) electrons. The van der Waals surface area contributed by atoms with Gasteiger partial charge in [-0.15, -0.1) is 0 Å². The summed E-state index contributed by atoms with van der Waals surface area (Å²) in [6, 6.07) is 20.0. The fourth-order valence-electron chi connectivity index (χ4n) is 2.59. The maximum Gasteiger partial charge on any atom is 0.193 e. The highest BCUT2D eigenvalue weighted by molar-refractivity contribution is 6.08. The summed E-state index contributed by atoms with van der Waals surface area (Å²) in [5.41, 5.74) is 2.24. The number of nitriles is 1. The van der Waals surface area contributed by atoms with Crippen molar-refractivity contribution in [3.05, 3.63) is 107 Å². The minimum absolute atomic E-state index is 0.221. The SMILES string of the molecule is N#C[C@@H](c1ccc(F)cc1)c1ccc(C(=O)c2ccc(F)cc2)cc1. The van der Waals surface area contributed by atoms with Crippen LogP contribution >= 0.6 is 0 Å². The second kappa shape index (κ2) is 7.06. The molecular formula is C21H13F2NO.